The number of hydrazine groups is 1. The molecule has 0 bridgehead atoms. The van der Waals surface area contributed by atoms with E-state index in [2.05, 4.69) is 21.2 Å². The van der Waals surface area contributed by atoms with Crippen molar-refractivity contribution in [3.63, 3.8) is 0 Å². The highest BCUT2D eigenvalue weighted by molar-refractivity contribution is 7.81. The molecule has 3 rings (SSSR count). The Morgan fingerprint density at radius 3 is 2.86 bits per heavy atom. The van der Waals surface area contributed by atoms with Crippen LogP contribution < -0.4 is 16.2 Å². The van der Waals surface area contributed by atoms with Gasteiger partial charge in [-0.15, -0.1) is 11.3 Å². The molecule has 1 aliphatic rings. The molecule has 0 unspecified atom stereocenters. The monoisotopic (exact) mass is 333 g/mol. The van der Waals surface area contributed by atoms with Crippen LogP contribution in [0, 0.1) is 0 Å². The minimum Gasteiger partial charge on any atom is -0.340 e. The fourth-order valence-electron chi connectivity index (χ4n) is 1.97. The van der Waals surface area contributed by atoms with Crippen molar-refractivity contribution in [1.29, 1.82) is 0 Å². The van der Waals surface area contributed by atoms with Gasteiger partial charge in [0.25, 0.3) is 0 Å². The number of thiocarbonyl (C=S) groups is 1. The van der Waals surface area contributed by atoms with Crippen molar-refractivity contribution in [2.45, 2.75) is 18.8 Å². The summed E-state index contributed by atoms with van der Waals surface area (Å²) in [4.78, 5) is 21.5. The van der Waals surface area contributed by atoms with E-state index in [0.717, 1.165) is 34.0 Å². The highest BCUT2D eigenvalue weighted by Crippen LogP contribution is 2.44. The topological polar surface area (TPSA) is 78.9 Å². The zero-order valence-corrected chi connectivity index (χ0v) is 13.6. The fourth-order valence-corrected chi connectivity index (χ4v) is 3.29. The molecule has 0 radical (unpaired) electrons. The second-order valence-electron chi connectivity index (χ2n) is 4.91. The Morgan fingerprint density at radius 1 is 1.41 bits per heavy atom. The Labute approximate surface area is 137 Å². The van der Waals surface area contributed by atoms with Crippen LogP contribution in [-0.2, 0) is 0 Å². The average Bonchev–Trinajstić information content (AvgIpc) is 3.31. The molecule has 1 saturated carbocycles. The Balaban J connectivity index is 1.85. The molecule has 2 heterocycles. The zero-order valence-electron chi connectivity index (χ0n) is 11.9. The van der Waals surface area contributed by atoms with Crippen LogP contribution in [-0.4, -0.2) is 28.0 Å². The summed E-state index contributed by atoms with van der Waals surface area (Å²) in [6.07, 6.45) is 5.79. The van der Waals surface area contributed by atoms with E-state index in [4.69, 9.17) is 17.2 Å². The van der Waals surface area contributed by atoms with Crippen molar-refractivity contribution in [2.24, 2.45) is 0 Å². The van der Waals surface area contributed by atoms with Crippen molar-refractivity contribution >= 4 is 34.6 Å². The van der Waals surface area contributed by atoms with Gasteiger partial charge in [-0.25, -0.2) is 9.78 Å². The number of amides is 2. The third-order valence-electron chi connectivity index (χ3n) is 3.25. The first kappa shape index (κ1) is 14.9. The number of carbonyl (C=O) groups is 1. The van der Waals surface area contributed by atoms with Gasteiger partial charge < -0.3 is 5.32 Å². The van der Waals surface area contributed by atoms with Gasteiger partial charge in [-0.05, 0) is 25.0 Å². The Morgan fingerprint density at radius 2 is 2.23 bits per heavy atom. The van der Waals surface area contributed by atoms with Gasteiger partial charge >= 0.3 is 6.03 Å². The Bertz CT molecular complexity index is 697. The van der Waals surface area contributed by atoms with Crippen LogP contribution in [0.25, 0.3) is 10.6 Å². The average molecular weight is 333 g/mol. The number of nitrogens with zero attached hydrogens (tertiary/aromatic N) is 2. The van der Waals surface area contributed by atoms with Crippen LogP contribution in [0.3, 0.4) is 0 Å². The minimum absolute atomic E-state index is 0.340. The van der Waals surface area contributed by atoms with Crippen LogP contribution >= 0.6 is 23.6 Å². The van der Waals surface area contributed by atoms with E-state index in [-0.39, 0.29) is 6.03 Å². The number of hydrogen-bond acceptors (Lipinski definition) is 5. The quantitative estimate of drug-likeness (QED) is 0.593. The molecular formula is C14H15N5OS2. The van der Waals surface area contributed by atoms with Crippen molar-refractivity contribution < 1.29 is 4.79 Å². The number of carbonyl (C=O) groups excluding carboxylic acids is 1. The molecule has 3 N–H and O–H groups in total. The van der Waals surface area contributed by atoms with E-state index in [1.165, 1.54) is 11.3 Å². The summed E-state index contributed by atoms with van der Waals surface area (Å²) in [6, 6.07) is 3.52. The lowest BCUT2D eigenvalue weighted by atomic mass is 10.2. The highest BCUT2D eigenvalue weighted by Gasteiger charge is 2.31. The summed E-state index contributed by atoms with van der Waals surface area (Å²) >= 11 is 6.91. The fraction of sp³-hybridized carbons (Fsp3) is 0.286. The summed E-state index contributed by atoms with van der Waals surface area (Å²) in [5.74, 6) is 0.469. The molecule has 0 aliphatic heterocycles. The van der Waals surface area contributed by atoms with Gasteiger partial charge in [-0.3, -0.25) is 15.8 Å². The van der Waals surface area contributed by atoms with E-state index in [1.54, 1.807) is 19.4 Å². The van der Waals surface area contributed by atoms with Gasteiger partial charge in [0.1, 0.15) is 10.00 Å². The van der Waals surface area contributed by atoms with E-state index in [9.17, 15) is 4.79 Å². The van der Waals surface area contributed by atoms with Gasteiger partial charge in [0, 0.05) is 30.9 Å². The first-order valence-electron chi connectivity index (χ1n) is 6.88. The number of nitrogens with one attached hydrogen (secondary N) is 3. The smallest absolute Gasteiger partial charge is 0.333 e. The van der Waals surface area contributed by atoms with Gasteiger partial charge in [0.05, 0.1) is 10.6 Å². The second kappa shape index (κ2) is 6.37. The predicted molar refractivity (Wildman–Crippen MR) is 89.7 cm³/mol. The van der Waals surface area contributed by atoms with Gasteiger partial charge in [-0.2, -0.15) is 0 Å². The molecule has 8 heteroatoms. The lowest BCUT2D eigenvalue weighted by molar-refractivity contribution is 0.241. The van der Waals surface area contributed by atoms with Crippen LogP contribution in [0.4, 0.5) is 4.79 Å². The molecule has 0 saturated heterocycles. The summed E-state index contributed by atoms with van der Waals surface area (Å²) < 4.78 is 0. The third kappa shape index (κ3) is 3.23. The number of rotatable bonds is 3. The number of aromatic nitrogens is 2. The third-order valence-corrected chi connectivity index (χ3v) is 4.82. The molecule has 1 aliphatic carbocycles. The normalized spacial score (nSPS) is 13.5. The molecule has 22 heavy (non-hydrogen) atoms. The van der Waals surface area contributed by atoms with Crippen molar-refractivity contribution in [3.05, 3.63) is 35.1 Å². The van der Waals surface area contributed by atoms with Crippen molar-refractivity contribution in [1.82, 2.24) is 26.1 Å². The number of hydrogen-bond donors (Lipinski definition) is 3. The van der Waals surface area contributed by atoms with E-state index in [0.29, 0.717) is 10.9 Å². The summed E-state index contributed by atoms with van der Waals surface area (Å²) in [5.41, 5.74) is 7.24. The van der Waals surface area contributed by atoms with Crippen molar-refractivity contribution in [2.75, 3.05) is 7.05 Å². The molecule has 1 fully saturated rings. The number of pyridine rings is 1. The second-order valence-corrected chi connectivity index (χ2v) is 6.31. The largest absolute Gasteiger partial charge is 0.340 e. The molecule has 2 aromatic rings. The van der Waals surface area contributed by atoms with Crippen LogP contribution in [0.5, 0.6) is 0 Å². The van der Waals surface area contributed by atoms with E-state index in [1.807, 2.05) is 12.1 Å². The van der Waals surface area contributed by atoms with Gasteiger partial charge in [0.2, 0.25) is 0 Å². The molecule has 2 amide bonds. The Hall–Kier alpha value is -2.06. The summed E-state index contributed by atoms with van der Waals surface area (Å²) in [5, 5.41) is 3.36. The first-order chi connectivity index (χ1) is 10.7. The summed E-state index contributed by atoms with van der Waals surface area (Å²) in [7, 11) is 1.54. The zero-order chi connectivity index (χ0) is 15.5. The SMILES string of the molecule is CNC(=O)NNC(=S)c1sc(-c2cccnc2)nc1C1CC1. The lowest BCUT2D eigenvalue weighted by Gasteiger charge is -2.08. The lowest BCUT2D eigenvalue weighted by Crippen LogP contribution is -2.45. The van der Waals surface area contributed by atoms with Gasteiger partial charge in [0.15, 0.2) is 0 Å². The summed E-state index contributed by atoms with van der Waals surface area (Å²) in [6.45, 7) is 0. The maximum atomic E-state index is 11.2. The molecule has 114 valence electrons. The molecular weight excluding hydrogens is 318 g/mol. The maximum Gasteiger partial charge on any atom is 0.333 e. The Kier molecular flexibility index (Phi) is 4.30. The standard InChI is InChI=1S/C14H15N5OS2/c1-15-14(20)19-18-12(21)11-10(8-4-5-8)17-13(22-11)9-3-2-6-16-7-9/h2-3,6-8H,4-5H2,1H3,(H,18,21)(H2,15,19,20). The highest BCUT2D eigenvalue weighted by atomic mass is 32.1. The number of thiazole rings is 1. The molecule has 0 spiro atoms. The van der Waals surface area contributed by atoms with E-state index < -0.39 is 0 Å². The molecule has 6 nitrogen and oxygen atoms in total. The van der Waals surface area contributed by atoms with Crippen molar-refractivity contribution in [3.8, 4) is 10.6 Å². The van der Waals surface area contributed by atoms with E-state index >= 15 is 0 Å². The first-order valence-corrected chi connectivity index (χ1v) is 8.10. The molecule has 0 atom stereocenters. The molecule has 0 aromatic carbocycles. The maximum absolute atomic E-state index is 11.2. The predicted octanol–water partition coefficient (Wildman–Crippen LogP) is 2.19. The van der Waals surface area contributed by atoms with Crippen LogP contribution in [0.15, 0.2) is 24.5 Å². The minimum atomic E-state index is -0.340. The molecule has 2 aromatic heterocycles. The van der Waals surface area contributed by atoms with Crippen LogP contribution in [0.2, 0.25) is 0 Å². The van der Waals surface area contributed by atoms with Gasteiger partial charge in [-0.1, -0.05) is 12.2 Å². The number of urea groups is 1. The van der Waals surface area contributed by atoms with Crippen LogP contribution in [0.1, 0.15) is 29.3 Å².